The summed E-state index contributed by atoms with van der Waals surface area (Å²) in [6, 6.07) is 18.7. The molecule has 0 saturated heterocycles. The molecule has 4 aromatic carbocycles. The van der Waals surface area contributed by atoms with Crippen molar-refractivity contribution in [1.29, 1.82) is 0 Å². The molecule has 0 saturated carbocycles. The number of phenolic OH excluding ortho intramolecular Hbond substituents is 1. The van der Waals surface area contributed by atoms with Gasteiger partial charge in [0.1, 0.15) is 34.6 Å². The summed E-state index contributed by atoms with van der Waals surface area (Å²) in [6.45, 7) is 5.98. The summed E-state index contributed by atoms with van der Waals surface area (Å²) in [5, 5.41) is 10.5. The number of para-hydroxylation sites is 4. The molecule has 0 aliphatic carbocycles. The van der Waals surface area contributed by atoms with Crippen molar-refractivity contribution in [1.82, 2.24) is 18.7 Å². The van der Waals surface area contributed by atoms with E-state index in [0.717, 1.165) is 31.7 Å². The van der Waals surface area contributed by atoms with Gasteiger partial charge in [-0.05, 0) is 74.2 Å². The van der Waals surface area contributed by atoms with Crippen LogP contribution in [0.25, 0.3) is 22.3 Å². The first-order chi connectivity index (χ1) is 27.5. The van der Waals surface area contributed by atoms with Crippen LogP contribution in [0.1, 0.15) is 25.7 Å². The van der Waals surface area contributed by atoms with Crippen molar-refractivity contribution in [3.63, 3.8) is 0 Å². The molecule has 10 nitrogen and oxygen atoms in total. The summed E-state index contributed by atoms with van der Waals surface area (Å²) < 4.78 is 52.9. The molecular formula is C41H34Cl4F2N4O6. The highest BCUT2D eigenvalue weighted by Gasteiger charge is 2.27. The summed E-state index contributed by atoms with van der Waals surface area (Å²) >= 11 is 25.2. The van der Waals surface area contributed by atoms with E-state index in [9.17, 15) is 23.5 Å². The minimum Gasteiger partial charge on any atom is -0.504 e. The zero-order valence-corrected chi connectivity index (χ0v) is 33.1. The molecule has 0 radical (unpaired) electrons. The predicted octanol–water partition coefficient (Wildman–Crippen LogP) is 11.0. The Morgan fingerprint density at radius 2 is 1.16 bits per heavy atom. The summed E-state index contributed by atoms with van der Waals surface area (Å²) in [6.07, 6.45) is 5.02. The molecule has 0 bridgehead atoms. The zero-order valence-electron chi connectivity index (χ0n) is 30.1. The van der Waals surface area contributed by atoms with Crippen molar-refractivity contribution in [2.24, 2.45) is 0 Å². The summed E-state index contributed by atoms with van der Waals surface area (Å²) in [5.74, 6) is 0.0627. The quantitative estimate of drug-likeness (QED) is 0.145. The van der Waals surface area contributed by atoms with Gasteiger partial charge in [0.05, 0.1) is 20.6 Å². The molecule has 16 heteroatoms. The van der Waals surface area contributed by atoms with E-state index in [1.807, 2.05) is 0 Å². The molecule has 8 rings (SSSR count). The lowest BCUT2D eigenvalue weighted by Gasteiger charge is -2.17. The topological polar surface area (TPSA) is 102 Å². The molecule has 1 N–H and O–H groups in total. The van der Waals surface area contributed by atoms with Gasteiger partial charge in [0.25, 0.3) is 11.1 Å². The average molecular weight is 859 g/mol. The molecule has 2 aromatic heterocycles. The molecule has 6 aromatic rings. The van der Waals surface area contributed by atoms with E-state index in [1.54, 1.807) is 57.9 Å². The third-order valence-corrected chi connectivity index (χ3v) is 10.7. The van der Waals surface area contributed by atoms with Crippen molar-refractivity contribution in [2.45, 2.75) is 51.9 Å². The second-order valence-corrected chi connectivity index (χ2v) is 14.7. The van der Waals surface area contributed by atoms with Gasteiger partial charge in [0.2, 0.25) is 5.95 Å². The van der Waals surface area contributed by atoms with Gasteiger partial charge >= 0.3 is 0 Å². The van der Waals surface area contributed by atoms with Crippen molar-refractivity contribution in [2.75, 3.05) is 6.61 Å². The lowest BCUT2D eigenvalue weighted by atomic mass is 10.1. The van der Waals surface area contributed by atoms with E-state index in [2.05, 4.69) is 6.58 Å². The van der Waals surface area contributed by atoms with E-state index in [-0.39, 0.29) is 71.0 Å². The van der Waals surface area contributed by atoms with E-state index in [0.29, 0.717) is 44.3 Å². The Morgan fingerprint density at radius 3 is 1.79 bits per heavy atom. The number of ether oxygens (including phenoxy) is 3. The highest BCUT2D eigenvalue weighted by atomic mass is 35.5. The van der Waals surface area contributed by atoms with Crippen LogP contribution in [0.4, 0.5) is 8.78 Å². The molecule has 0 fully saturated rings. The van der Waals surface area contributed by atoms with Gasteiger partial charge in [-0.15, -0.1) is 0 Å². The van der Waals surface area contributed by atoms with E-state index in [1.165, 1.54) is 33.6 Å². The van der Waals surface area contributed by atoms with Crippen LogP contribution in [0, 0.1) is 11.8 Å². The van der Waals surface area contributed by atoms with Gasteiger partial charge < -0.3 is 19.3 Å². The van der Waals surface area contributed by atoms with Gasteiger partial charge in [-0.3, -0.25) is 19.0 Å². The summed E-state index contributed by atoms with van der Waals surface area (Å²) in [5.41, 5.74) is -0.535. The Labute approximate surface area is 345 Å². The van der Waals surface area contributed by atoms with Crippen LogP contribution in [0.15, 0.2) is 95.0 Å². The molecule has 4 heterocycles. The maximum absolute atomic E-state index is 14.9. The minimum absolute atomic E-state index is 0.0447. The maximum atomic E-state index is 14.9. The number of aromatic hydroxyl groups is 1. The Hall–Kier alpha value is -5.14. The SMILES string of the molecule is C=CCOc1ccccc1Oc1cc(-c2c(Cl)n3n(c2=O)CCCC3)c(F)cc1Cl.O=c1c(-c2cc(Oc3ccccc3O)c(Cl)cc2Cl)c(F)n2n1CCCC2. The van der Waals surface area contributed by atoms with Gasteiger partial charge in [-0.1, -0.05) is 83.3 Å². The highest BCUT2D eigenvalue weighted by Crippen LogP contribution is 2.42. The Bertz CT molecular complexity index is 2620. The second kappa shape index (κ2) is 17.2. The van der Waals surface area contributed by atoms with Gasteiger partial charge in [0.15, 0.2) is 23.0 Å². The largest absolute Gasteiger partial charge is 0.504 e. The average Bonchev–Trinajstić information content (AvgIpc) is 3.61. The molecule has 296 valence electrons. The molecular weight excluding hydrogens is 824 g/mol. The van der Waals surface area contributed by atoms with Crippen LogP contribution in [0.5, 0.6) is 34.5 Å². The van der Waals surface area contributed by atoms with E-state index < -0.39 is 17.3 Å². The lowest BCUT2D eigenvalue weighted by Crippen LogP contribution is -2.27. The van der Waals surface area contributed by atoms with Crippen molar-refractivity contribution in [3.8, 4) is 56.8 Å². The fourth-order valence-electron chi connectivity index (χ4n) is 6.69. The number of hydrogen-bond donors (Lipinski definition) is 1. The number of rotatable bonds is 9. The smallest absolute Gasteiger partial charge is 0.277 e. The van der Waals surface area contributed by atoms with Crippen molar-refractivity contribution < 1.29 is 28.1 Å². The van der Waals surface area contributed by atoms with Crippen molar-refractivity contribution in [3.05, 3.63) is 138 Å². The highest BCUT2D eigenvalue weighted by molar-refractivity contribution is 6.37. The van der Waals surface area contributed by atoms with Gasteiger partial charge in [-0.2, -0.15) is 4.39 Å². The normalized spacial score (nSPS) is 13.2. The molecule has 0 spiro atoms. The first-order valence-corrected chi connectivity index (χ1v) is 19.4. The number of halogens is 6. The number of aromatic nitrogens is 4. The predicted molar refractivity (Wildman–Crippen MR) is 217 cm³/mol. The zero-order chi connectivity index (χ0) is 40.4. The van der Waals surface area contributed by atoms with Crippen LogP contribution >= 0.6 is 46.4 Å². The molecule has 0 atom stereocenters. The maximum Gasteiger partial charge on any atom is 0.277 e. The minimum atomic E-state index is -0.647. The summed E-state index contributed by atoms with van der Waals surface area (Å²) in [7, 11) is 0. The van der Waals surface area contributed by atoms with Crippen LogP contribution in [0.2, 0.25) is 20.2 Å². The number of benzene rings is 4. The van der Waals surface area contributed by atoms with Gasteiger partial charge in [0, 0.05) is 37.3 Å². The standard InChI is InChI=1S/C22H19Cl2FN2O3.C19H15Cl2FN2O3/c1-2-11-29-17-7-3-4-8-18(17)30-19-12-14(16(25)13-15(19)23)20-21(24)26-9-5-6-10-27(26)22(20)28;20-12-10-13(21)16(27-15-6-2-1-5-14(15)25)9-11(12)17-18(22)23-7-3-4-8-24(23)19(17)26/h2-4,7-8,12-13H,1,5-6,9-11H2;1-2,5-6,9-10,25H,3-4,7-8H2. The van der Waals surface area contributed by atoms with Crippen molar-refractivity contribution >= 4 is 46.4 Å². The molecule has 2 aliphatic heterocycles. The molecule has 0 unspecified atom stereocenters. The monoisotopic (exact) mass is 856 g/mol. The number of nitrogens with zero attached hydrogens (tertiary/aromatic N) is 4. The molecule has 57 heavy (non-hydrogen) atoms. The second-order valence-electron chi connectivity index (χ2n) is 13.1. The van der Waals surface area contributed by atoms with Crippen LogP contribution < -0.4 is 25.3 Å². The van der Waals surface area contributed by atoms with Crippen LogP contribution in [0.3, 0.4) is 0 Å². The fraction of sp³-hybridized carbons (Fsp3) is 0.220. The summed E-state index contributed by atoms with van der Waals surface area (Å²) in [4.78, 5) is 25.6. The lowest BCUT2D eigenvalue weighted by molar-refractivity contribution is 0.310. The Balaban J connectivity index is 0.000000175. The number of hydrogen-bond acceptors (Lipinski definition) is 6. The Kier molecular flexibility index (Phi) is 12.1. The molecule has 0 amide bonds. The van der Waals surface area contributed by atoms with Crippen LogP contribution in [-0.4, -0.2) is 30.4 Å². The third-order valence-electron chi connectivity index (χ3n) is 9.42. The van der Waals surface area contributed by atoms with E-state index in [4.69, 9.17) is 60.6 Å². The number of phenols is 1. The number of fused-ring (bicyclic) bond motifs is 2. The molecule has 2 aliphatic rings. The van der Waals surface area contributed by atoms with Gasteiger partial charge in [-0.25, -0.2) is 13.8 Å². The Morgan fingerprint density at radius 1 is 0.632 bits per heavy atom. The van der Waals surface area contributed by atoms with Crippen LogP contribution in [-0.2, 0) is 26.2 Å². The van der Waals surface area contributed by atoms with E-state index >= 15 is 0 Å². The first-order valence-electron chi connectivity index (χ1n) is 17.9. The third kappa shape index (κ3) is 8.04. The first kappa shape index (κ1) is 40.1. The fourth-order valence-corrected chi connectivity index (χ4v) is 7.75.